The molecule has 4 fully saturated rings. The van der Waals surface area contributed by atoms with Crippen LogP contribution in [0.4, 0.5) is 0 Å². The minimum Gasteiger partial charge on any atom is -0.480 e. The molecule has 3 unspecified atom stereocenters. The third-order valence-electron chi connectivity index (χ3n) is 4.79. The molecule has 2 nitrogen and oxygen atoms in total. The molecule has 0 amide bonds. The van der Waals surface area contributed by atoms with Crippen molar-refractivity contribution in [2.45, 2.75) is 47.7 Å². The molecule has 4 aliphatic rings. The zero-order chi connectivity index (χ0) is 11.6. The van der Waals surface area contributed by atoms with E-state index in [-0.39, 0.29) is 14.6 Å². The maximum atomic E-state index is 11.3. The van der Waals surface area contributed by atoms with E-state index in [0.29, 0.717) is 0 Å². The van der Waals surface area contributed by atoms with Crippen LogP contribution in [-0.2, 0) is 4.79 Å². The summed E-state index contributed by atoms with van der Waals surface area (Å²) in [7, 11) is 0. The number of hydrogen-bond donors (Lipinski definition) is 1. The van der Waals surface area contributed by atoms with E-state index in [9.17, 15) is 9.90 Å². The summed E-state index contributed by atoms with van der Waals surface area (Å²) in [4.78, 5) is 10.9. The van der Waals surface area contributed by atoms with E-state index in [1.54, 1.807) is 0 Å². The first-order valence-electron chi connectivity index (χ1n) is 5.98. The molecule has 4 aliphatic carbocycles. The number of hydrogen-bond acceptors (Lipinski definition) is 1. The summed E-state index contributed by atoms with van der Waals surface area (Å²) in [6, 6.07) is 0. The van der Waals surface area contributed by atoms with E-state index in [1.165, 1.54) is 19.3 Å². The van der Waals surface area contributed by atoms with Gasteiger partial charge in [0, 0.05) is 4.32 Å². The van der Waals surface area contributed by atoms with Gasteiger partial charge >= 0.3 is 5.97 Å². The molecule has 16 heavy (non-hydrogen) atoms. The zero-order valence-electron chi connectivity index (χ0n) is 9.09. The first kappa shape index (κ1) is 11.5. The molecule has 4 saturated carbocycles. The Morgan fingerprint density at radius 1 is 1.25 bits per heavy atom. The first-order valence-corrected chi connectivity index (χ1v) is 7.69. The van der Waals surface area contributed by atoms with Crippen molar-refractivity contribution in [3.63, 3.8) is 0 Å². The molecule has 4 bridgehead atoms. The summed E-state index contributed by atoms with van der Waals surface area (Å²) < 4.78 is 0.249. The second-order valence-corrected chi connectivity index (χ2v) is 8.77. The summed E-state index contributed by atoms with van der Waals surface area (Å²) in [5.74, 6) is 0.818. The van der Waals surface area contributed by atoms with E-state index in [2.05, 4.69) is 31.9 Å². The third kappa shape index (κ3) is 1.59. The quantitative estimate of drug-likeness (QED) is 0.772. The molecule has 0 radical (unpaired) electrons. The Balaban J connectivity index is 1.94. The topological polar surface area (TPSA) is 37.3 Å². The zero-order valence-corrected chi connectivity index (χ0v) is 12.3. The molecular formula is C12H16Br2O2. The van der Waals surface area contributed by atoms with Crippen LogP contribution in [0.1, 0.15) is 38.5 Å². The Kier molecular flexibility index (Phi) is 2.50. The molecule has 0 spiro atoms. The molecular weight excluding hydrogens is 336 g/mol. The predicted octanol–water partition coefficient (Wildman–Crippen LogP) is 3.57. The van der Waals surface area contributed by atoms with Crippen LogP contribution in [0.3, 0.4) is 0 Å². The highest BCUT2D eigenvalue weighted by molar-refractivity contribution is 9.10. The van der Waals surface area contributed by atoms with Gasteiger partial charge < -0.3 is 5.11 Å². The van der Waals surface area contributed by atoms with Crippen LogP contribution >= 0.6 is 31.9 Å². The van der Waals surface area contributed by atoms with Gasteiger partial charge in [-0.2, -0.15) is 0 Å². The molecule has 0 heterocycles. The third-order valence-corrected chi connectivity index (χ3v) is 7.08. The Morgan fingerprint density at radius 3 is 2.25 bits per heavy atom. The lowest BCUT2D eigenvalue weighted by Gasteiger charge is -2.61. The van der Waals surface area contributed by atoms with Crippen molar-refractivity contribution in [2.24, 2.45) is 17.3 Å². The molecule has 4 heteroatoms. The van der Waals surface area contributed by atoms with E-state index in [4.69, 9.17) is 0 Å². The van der Waals surface area contributed by atoms with Crippen LogP contribution in [-0.4, -0.2) is 20.2 Å². The molecule has 1 N–H and O–H groups in total. The normalized spacial score (nSPS) is 51.6. The van der Waals surface area contributed by atoms with Crippen LogP contribution < -0.4 is 0 Å². The lowest BCUT2D eigenvalue weighted by atomic mass is 9.48. The molecule has 4 rings (SSSR count). The van der Waals surface area contributed by atoms with Gasteiger partial charge in [0.15, 0.2) is 0 Å². The van der Waals surface area contributed by atoms with Gasteiger partial charge in [0.25, 0.3) is 0 Å². The number of rotatable bonds is 2. The van der Waals surface area contributed by atoms with Crippen molar-refractivity contribution in [3.8, 4) is 0 Å². The molecule has 3 atom stereocenters. The second-order valence-electron chi connectivity index (χ2n) is 6.18. The Morgan fingerprint density at radius 2 is 1.81 bits per heavy atom. The number of carboxylic acid groups (broad SMARTS) is 1. The van der Waals surface area contributed by atoms with Crippen molar-refractivity contribution in [1.82, 2.24) is 0 Å². The van der Waals surface area contributed by atoms with Gasteiger partial charge in [0.2, 0.25) is 0 Å². The average Bonchev–Trinajstić information content (AvgIpc) is 2.12. The highest BCUT2D eigenvalue weighted by atomic mass is 79.9. The number of alkyl halides is 2. The smallest absolute Gasteiger partial charge is 0.317 e. The van der Waals surface area contributed by atoms with Crippen LogP contribution in [0.25, 0.3) is 0 Å². The minimum atomic E-state index is -0.682. The minimum absolute atomic E-state index is 0.0133. The van der Waals surface area contributed by atoms with E-state index < -0.39 is 5.97 Å². The maximum Gasteiger partial charge on any atom is 0.317 e. The summed E-state index contributed by atoms with van der Waals surface area (Å²) in [6.07, 6.45) is 7.09. The van der Waals surface area contributed by atoms with Crippen LogP contribution in [0, 0.1) is 17.3 Å². The molecule has 0 aromatic heterocycles. The highest BCUT2D eigenvalue weighted by Crippen LogP contribution is 2.66. The SMILES string of the molecule is O=C(O)C(Br)C12CC3CC(CC(Br)(C3)C1)C2. The summed E-state index contributed by atoms with van der Waals surface area (Å²) in [5, 5.41) is 9.26. The fourth-order valence-corrected chi connectivity index (χ4v) is 6.79. The summed E-state index contributed by atoms with van der Waals surface area (Å²) >= 11 is 7.33. The van der Waals surface area contributed by atoms with Crippen molar-refractivity contribution in [3.05, 3.63) is 0 Å². The largest absolute Gasteiger partial charge is 0.480 e. The molecule has 0 aromatic carbocycles. The van der Waals surface area contributed by atoms with Crippen molar-refractivity contribution < 1.29 is 9.90 Å². The van der Waals surface area contributed by atoms with Crippen molar-refractivity contribution in [1.29, 1.82) is 0 Å². The standard InChI is InChI=1S/C12H16Br2O2/c13-9(10(15)16)11-2-7-1-8(3-11)5-12(14,4-7)6-11/h7-9H,1-6H2,(H,15,16). The first-order chi connectivity index (χ1) is 7.42. The van der Waals surface area contributed by atoms with E-state index in [1.807, 2.05) is 0 Å². The number of carbonyl (C=O) groups is 1. The van der Waals surface area contributed by atoms with Crippen LogP contribution in [0.2, 0.25) is 0 Å². The fraction of sp³-hybridized carbons (Fsp3) is 0.917. The number of aliphatic carboxylic acids is 1. The van der Waals surface area contributed by atoms with E-state index in [0.717, 1.165) is 31.1 Å². The van der Waals surface area contributed by atoms with Gasteiger partial charge in [-0.05, 0) is 55.8 Å². The highest BCUT2D eigenvalue weighted by Gasteiger charge is 2.60. The Bertz CT molecular complexity index is 328. The Labute approximate surface area is 112 Å². The van der Waals surface area contributed by atoms with Gasteiger partial charge in [-0.3, -0.25) is 4.79 Å². The second kappa shape index (κ2) is 3.47. The van der Waals surface area contributed by atoms with Crippen LogP contribution in [0.5, 0.6) is 0 Å². The Hall–Kier alpha value is 0.430. The van der Waals surface area contributed by atoms with Gasteiger partial charge in [-0.25, -0.2) is 0 Å². The van der Waals surface area contributed by atoms with Gasteiger partial charge in [-0.15, -0.1) is 0 Å². The summed E-state index contributed by atoms with van der Waals surface area (Å²) in [5.41, 5.74) is 0.0133. The van der Waals surface area contributed by atoms with Crippen LogP contribution in [0.15, 0.2) is 0 Å². The number of halogens is 2. The average molecular weight is 352 g/mol. The number of carboxylic acids is 1. The van der Waals surface area contributed by atoms with E-state index >= 15 is 0 Å². The molecule has 90 valence electrons. The molecule has 0 saturated heterocycles. The lowest BCUT2D eigenvalue weighted by molar-refractivity contribution is -0.142. The lowest BCUT2D eigenvalue weighted by Crippen LogP contribution is -2.57. The molecule has 0 aromatic rings. The van der Waals surface area contributed by atoms with Crippen molar-refractivity contribution >= 4 is 37.8 Å². The monoisotopic (exact) mass is 350 g/mol. The van der Waals surface area contributed by atoms with Gasteiger partial charge in [0.1, 0.15) is 4.83 Å². The van der Waals surface area contributed by atoms with Crippen molar-refractivity contribution in [2.75, 3.05) is 0 Å². The predicted molar refractivity (Wildman–Crippen MR) is 69.1 cm³/mol. The van der Waals surface area contributed by atoms with Gasteiger partial charge in [-0.1, -0.05) is 31.9 Å². The summed E-state index contributed by atoms with van der Waals surface area (Å²) in [6.45, 7) is 0. The molecule has 0 aliphatic heterocycles. The van der Waals surface area contributed by atoms with Gasteiger partial charge in [0.05, 0.1) is 0 Å². The maximum absolute atomic E-state index is 11.3. The fourth-order valence-electron chi connectivity index (χ4n) is 4.78.